The van der Waals surface area contributed by atoms with Crippen molar-refractivity contribution in [1.29, 1.82) is 0 Å². The van der Waals surface area contributed by atoms with Crippen molar-refractivity contribution in [3.8, 4) is 0 Å². The number of ether oxygens (including phenoxy) is 1. The summed E-state index contributed by atoms with van der Waals surface area (Å²) in [7, 11) is 0. The molecule has 20 heavy (non-hydrogen) atoms. The second-order valence-corrected chi connectivity index (χ2v) is 5.78. The van der Waals surface area contributed by atoms with E-state index in [1.165, 1.54) is 18.4 Å². The van der Waals surface area contributed by atoms with Gasteiger partial charge in [-0.25, -0.2) is 4.39 Å². The summed E-state index contributed by atoms with van der Waals surface area (Å²) in [6.45, 7) is 6.21. The summed E-state index contributed by atoms with van der Waals surface area (Å²) in [5.74, 6) is 0.431. The number of hydrogen-bond acceptors (Lipinski definition) is 2. The van der Waals surface area contributed by atoms with Crippen LogP contribution in [0.3, 0.4) is 0 Å². The summed E-state index contributed by atoms with van der Waals surface area (Å²) in [5, 5.41) is 3.66. The Morgan fingerprint density at radius 2 is 2.10 bits per heavy atom. The molecule has 1 N–H and O–H groups in total. The van der Waals surface area contributed by atoms with Gasteiger partial charge in [-0.15, -0.1) is 0 Å². The molecule has 2 nitrogen and oxygen atoms in total. The average Bonchev–Trinajstić information content (AvgIpc) is 2.86. The third-order valence-electron chi connectivity index (χ3n) is 4.28. The van der Waals surface area contributed by atoms with Gasteiger partial charge in [-0.3, -0.25) is 0 Å². The van der Waals surface area contributed by atoms with Crippen LogP contribution in [0, 0.1) is 11.7 Å². The zero-order chi connectivity index (χ0) is 14.4. The van der Waals surface area contributed by atoms with Crippen LogP contribution >= 0.6 is 0 Å². The van der Waals surface area contributed by atoms with Gasteiger partial charge in [0.2, 0.25) is 0 Å². The van der Waals surface area contributed by atoms with Crippen LogP contribution in [0.15, 0.2) is 24.3 Å². The molecular formula is C17H26FNO. The molecule has 1 saturated heterocycles. The Kier molecular flexibility index (Phi) is 5.99. The van der Waals surface area contributed by atoms with E-state index in [-0.39, 0.29) is 5.82 Å². The molecule has 0 saturated carbocycles. The van der Waals surface area contributed by atoms with Crippen molar-refractivity contribution in [2.24, 2.45) is 5.92 Å². The lowest BCUT2D eigenvalue weighted by Gasteiger charge is -2.22. The first-order valence-corrected chi connectivity index (χ1v) is 7.81. The summed E-state index contributed by atoms with van der Waals surface area (Å²) in [4.78, 5) is 0. The molecule has 2 rings (SSSR count). The molecule has 1 aromatic carbocycles. The predicted octanol–water partition coefficient (Wildman–Crippen LogP) is 4.07. The summed E-state index contributed by atoms with van der Waals surface area (Å²) in [6, 6.07) is 7.23. The number of rotatable bonds is 7. The second kappa shape index (κ2) is 7.75. The van der Waals surface area contributed by atoms with Crippen molar-refractivity contribution in [3.63, 3.8) is 0 Å². The molecule has 1 fully saturated rings. The topological polar surface area (TPSA) is 21.3 Å². The molecular weight excluding hydrogens is 253 g/mol. The van der Waals surface area contributed by atoms with Crippen LogP contribution in [0.4, 0.5) is 4.39 Å². The number of halogens is 1. The Bertz CT molecular complexity index is 392. The number of nitrogens with one attached hydrogen (secondary N) is 1. The first kappa shape index (κ1) is 15.5. The van der Waals surface area contributed by atoms with Crippen LogP contribution < -0.4 is 5.32 Å². The van der Waals surface area contributed by atoms with Crippen LogP contribution in [0.5, 0.6) is 0 Å². The summed E-state index contributed by atoms with van der Waals surface area (Å²) < 4.78 is 18.7. The highest BCUT2D eigenvalue weighted by molar-refractivity contribution is 5.19. The number of hydrogen-bond donors (Lipinski definition) is 1. The largest absolute Gasteiger partial charge is 0.378 e. The molecule has 1 aliphatic heterocycles. The quantitative estimate of drug-likeness (QED) is 0.812. The molecule has 1 heterocycles. The Morgan fingerprint density at radius 1 is 1.35 bits per heavy atom. The van der Waals surface area contributed by atoms with Gasteiger partial charge in [-0.1, -0.05) is 31.9 Å². The third kappa shape index (κ3) is 4.29. The Morgan fingerprint density at radius 3 is 2.70 bits per heavy atom. The highest BCUT2D eigenvalue weighted by atomic mass is 19.1. The predicted molar refractivity (Wildman–Crippen MR) is 80.2 cm³/mol. The van der Waals surface area contributed by atoms with E-state index in [0.717, 1.165) is 26.0 Å². The monoisotopic (exact) mass is 279 g/mol. The third-order valence-corrected chi connectivity index (χ3v) is 4.28. The lowest BCUT2D eigenvalue weighted by Crippen LogP contribution is -2.30. The van der Waals surface area contributed by atoms with Crippen molar-refractivity contribution in [1.82, 2.24) is 5.32 Å². The van der Waals surface area contributed by atoms with E-state index >= 15 is 0 Å². The molecule has 1 aliphatic rings. The van der Waals surface area contributed by atoms with Gasteiger partial charge >= 0.3 is 0 Å². The molecule has 3 unspecified atom stereocenters. The Hall–Kier alpha value is -0.930. The Labute approximate surface area is 121 Å². The van der Waals surface area contributed by atoms with E-state index in [0.29, 0.717) is 18.1 Å². The van der Waals surface area contributed by atoms with Gasteiger partial charge < -0.3 is 10.1 Å². The molecule has 0 aromatic heterocycles. The standard InChI is InChI=1S/C17H26FNO/c1-3-4-5-17(14-6-8-16(18)9-7-14)19-12-15-10-11-20-13(15)2/h6-9,13,15,17,19H,3-5,10-12H2,1-2H3. The second-order valence-electron chi connectivity index (χ2n) is 5.78. The highest BCUT2D eigenvalue weighted by Crippen LogP contribution is 2.23. The maximum Gasteiger partial charge on any atom is 0.123 e. The van der Waals surface area contributed by atoms with Crippen molar-refractivity contribution in [2.75, 3.05) is 13.2 Å². The molecule has 0 radical (unpaired) electrons. The number of benzene rings is 1. The van der Waals surface area contributed by atoms with Crippen molar-refractivity contribution < 1.29 is 9.13 Å². The van der Waals surface area contributed by atoms with Crippen molar-refractivity contribution in [2.45, 2.75) is 51.7 Å². The fraction of sp³-hybridized carbons (Fsp3) is 0.647. The minimum absolute atomic E-state index is 0.166. The molecule has 0 spiro atoms. The van der Waals surface area contributed by atoms with E-state index in [1.54, 1.807) is 12.1 Å². The first-order chi connectivity index (χ1) is 9.70. The molecule has 0 amide bonds. The molecule has 112 valence electrons. The lowest BCUT2D eigenvalue weighted by atomic mass is 9.98. The van der Waals surface area contributed by atoms with E-state index in [2.05, 4.69) is 19.2 Å². The van der Waals surface area contributed by atoms with Crippen LogP contribution in [-0.2, 0) is 4.74 Å². The normalized spacial score (nSPS) is 23.9. The molecule has 3 atom stereocenters. The zero-order valence-electron chi connectivity index (χ0n) is 12.6. The van der Waals surface area contributed by atoms with Crippen LogP contribution in [0.25, 0.3) is 0 Å². The zero-order valence-corrected chi connectivity index (χ0v) is 12.6. The van der Waals surface area contributed by atoms with E-state index in [1.807, 2.05) is 12.1 Å². The van der Waals surface area contributed by atoms with Crippen LogP contribution in [0.2, 0.25) is 0 Å². The maximum absolute atomic E-state index is 13.0. The molecule has 0 aliphatic carbocycles. The summed E-state index contributed by atoms with van der Waals surface area (Å²) in [5.41, 5.74) is 1.19. The first-order valence-electron chi connectivity index (χ1n) is 7.81. The number of unbranched alkanes of at least 4 members (excludes halogenated alkanes) is 1. The summed E-state index contributed by atoms with van der Waals surface area (Å²) in [6.07, 6.45) is 4.96. The van der Waals surface area contributed by atoms with E-state index in [4.69, 9.17) is 4.74 Å². The van der Waals surface area contributed by atoms with E-state index < -0.39 is 0 Å². The smallest absolute Gasteiger partial charge is 0.123 e. The van der Waals surface area contributed by atoms with Crippen molar-refractivity contribution >= 4 is 0 Å². The van der Waals surface area contributed by atoms with E-state index in [9.17, 15) is 4.39 Å². The molecule has 1 aromatic rings. The minimum atomic E-state index is -0.166. The highest BCUT2D eigenvalue weighted by Gasteiger charge is 2.24. The SMILES string of the molecule is CCCCC(NCC1CCOC1C)c1ccc(F)cc1. The van der Waals surface area contributed by atoms with Crippen molar-refractivity contribution in [3.05, 3.63) is 35.6 Å². The van der Waals surface area contributed by atoms with Crippen LogP contribution in [0.1, 0.15) is 51.1 Å². The summed E-state index contributed by atoms with van der Waals surface area (Å²) >= 11 is 0. The van der Waals surface area contributed by atoms with Gasteiger partial charge in [0.05, 0.1) is 6.10 Å². The molecule has 3 heteroatoms. The van der Waals surface area contributed by atoms with Gasteiger partial charge in [0.25, 0.3) is 0 Å². The van der Waals surface area contributed by atoms with Gasteiger partial charge in [0, 0.05) is 19.2 Å². The minimum Gasteiger partial charge on any atom is -0.378 e. The van der Waals surface area contributed by atoms with Crippen LogP contribution in [-0.4, -0.2) is 19.3 Å². The molecule has 0 bridgehead atoms. The van der Waals surface area contributed by atoms with Gasteiger partial charge in [0.1, 0.15) is 5.82 Å². The average molecular weight is 279 g/mol. The van der Waals surface area contributed by atoms with Gasteiger partial charge in [-0.2, -0.15) is 0 Å². The lowest BCUT2D eigenvalue weighted by molar-refractivity contribution is 0.104. The van der Waals surface area contributed by atoms with Gasteiger partial charge in [0.15, 0.2) is 0 Å². The maximum atomic E-state index is 13.0. The van der Waals surface area contributed by atoms with Gasteiger partial charge in [-0.05, 0) is 43.4 Å². The fourth-order valence-electron chi connectivity index (χ4n) is 2.83. The Balaban J connectivity index is 1.94. The fourth-order valence-corrected chi connectivity index (χ4v) is 2.83.